The second-order valence-electron chi connectivity index (χ2n) is 34.5. The maximum atomic E-state index is 14.2. The average Bonchev–Trinajstić information content (AvgIpc) is 1.36. The lowest BCUT2D eigenvalue weighted by atomic mass is 9.84. The zero-order valence-electron chi connectivity index (χ0n) is 71.8. The van der Waals surface area contributed by atoms with E-state index >= 15 is 0 Å². The van der Waals surface area contributed by atoms with Gasteiger partial charge in [-0.05, 0) is 286 Å². The van der Waals surface area contributed by atoms with E-state index < -0.39 is 0 Å². The second kappa shape index (κ2) is 32.2. The van der Waals surface area contributed by atoms with Crippen LogP contribution in [-0.4, -0.2) is 23.6 Å². The van der Waals surface area contributed by atoms with Crippen molar-refractivity contribution in [2.45, 2.75) is 0 Å². The van der Waals surface area contributed by atoms with Crippen molar-refractivity contribution in [2.24, 2.45) is 0 Å². The topological polar surface area (TPSA) is 116 Å². The molecule has 16 aromatic carbocycles. The van der Waals surface area contributed by atoms with Crippen LogP contribution in [0.25, 0.3) is 234 Å². The molecule has 0 bridgehead atoms. The van der Waals surface area contributed by atoms with Crippen molar-refractivity contribution in [3.05, 3.63) is 430 Å². The maximum absolute atomic E-state index is 14.2. The third-order valence-electron chi connectivity index (χ3n) is 26.6. The Balaban J connectivity index is 0.000000205. The zero-order valence-corrected chi connectivity index (χ0v) is 78.4. The summed E-state index contributed by atoms with van der Waals surface area (Å²) in [6.07, 6.45) is 0. The quantitative estimate of drug-likeness (QED) is 0.0812. The molecule has 4 N–H and O–H groups in total. The molecule has 136 heavy (non-hydrogen) atoms. The van der Waals surface area contributed by atoms with E-state index in [0.717, 1.165) is 69.7 Å². The van der Waals surface area contributed by atoms with Gasteiger partial charge in [-0.2, -0.15) is 0 Å². The minimum absolute atomic E-state index is 0.239. The molecule has 0 fully saturated rings. The number of amides is 4. The molecule has 0 spiro atoms. The zero-order chi connectivity index (χ0) is 90.1. The summed E-state index contributed by atoms with van der Waals surface area (Å²) in [5.74, 6) is -1.04. The molecular formula is C120H68N4O4S8. The first kappa shape index (κ1) is 80.2. The van der Waals surface area contributed by atoms with Crippen molar-refractivity contribution in [3.8, 4) is 104 Å². The van der Waals surface area contributed by atoms with Crippen LogP contribution in [0.15, 0.2) is 411 Å². The standard InChI is InChI=1S/C90H52N2O2S4.C30H16N2O2S4/c93-89-85-86(88(92-89)80-44-42-78(98-80)76-40-38-74(96-76)60-34-36-70-72(50-60)84(64-32-28-54-16-4-8-20-58(54)48-64)68-24-12-10-22-66(68)82(70)62-30-26-52-14-2-6-18-56(52)46-62)90(94)91-87(85)79-43-41-77(97-79)75-39-37-73(95-75)59-33-35-69-71(49-59)83(63-31-27-53-15-3-7-19-57(53)47-63)67-23-11-9-21-65(67)81(69)61-29-25-51-13-1-5-17-55(51)45-61;33-29-25-26(28(32-29)22-12-10-20(38-22)24-14-16-6-2-4-8-18(16)36-24)30(34)31-27(25)21-11-9-19(37-21)23-13-15-5-1-3-7-17(15)35-23/h1-50H,(H,91,94)(H,92,93);1-14H,(H,31,34)(H,32,33). The van der Waals surface area contributed by atoms with Crippen LogP contribution in [0.1, 0.15) is 19.5 Å². The van der Waals surface area contributed by atoms with Crippen molar-refractivity contribution in [2.75, 3.05) is 0 Å². The SMILES string of the molecule is O=C1NC(c2ccc(-c3cc4ccccc4s3)s2)=C2C(=O)NC(c3ccc(-c4cc5ccccc5s4)s3)=C12.O=C1NC(c2ccc(-c3ccc(-c4ccc5c(-c6ccc7ccccc7c6)c6ccccc6c(-c6ccc7ccccc7c6)c5c4)s3)s2)=C2C(=O)NC(c3ccc(-c4ccc(-c5ccc6c(-c7ccc8ccccc8c7)c7ccccc7c(-c7ccc8ccccc8c7)c6c5)s4)s3)=C12. The molecule has 0 atom stereocenters. The highest BCUT2D eigenvalue weighted by molar-refractivity contribution is 7.27. The van der Waals surface area contributed by atoms with E-state index in [1.165, 1.54) is 161 Å². The van der Waals surface area contributed by atoms with Gasteiger partial charge in [0.2, 0.25) is 0 Å². The predicted molar refractivity (Wildman–Crippen MR) is 578 cm³/mol. The largest absolute Gasteiger partial charge is 0.320 e. The van der Waals surface area contributed by atoms with E-state index in [0.29, 0.717) is 45.1 Å². The summed E-state index contributed by atoms with van der Waals surface area (Å²) in [5.41, 5.74) is 15.8. The molecule has 0 saturated carbocycles. The highest BCUT2D eigenvalue weighted by Crippen LogP contribution is 2.54. The molecule has 640 valence electrons. The number of nitrogens with one attached hydrogen (secondary N) is 4. The van der Waals surface area contributed by atoms with E-state index in [-0.39, 0.29) is 23.6 Å². The Morgan fingerprint density at radius 1 is 0.147 bits per heavy atom. The van der Waals surface area contributed by atoms with Gasteiger partial charge in [0, 0.05) is 58.2 Å². The fourth-order valence-corrected chi connectivity index (χ4v) is 28.8. The van der Waals surface area contributed by atoms with Gasteiger partial charge in [0.05, 0.1) is 64.6 Å². The number of benzene rings is 16. The van der Waals surface area contributed by atoms with Gasteiger partial charge < -0.3 is 21.3 Å². The molecule has 24 aromatic rings. The van der Waals surface area contributed by atoms with Crippen LogP contribution >= 0.6 is 90.7 Å². The van der Waals surface area contributed by atoms with Gasteiger partial charge >= 0.3 is 0 Å². The Bertz CT molecular complexity index is 8900. The van der Waals surface area contributed by atoms with Crippen LogP contribution < -0.4 is 21.3 Å². The Morgan fingerprint density at radius 3 is 0.662 bits per heavy atom. The lowest BCUT2D eigenvalue weighted by Crippen LogP contribution is -2.20. The Hall–Kier alpha value is -15.4. The first-order chi connectivity index (χ1) is 67.0. The molecule has 0 unspecified atom stereocenters. The minimum Gasteiger partial charge on any atom is -0.320 e. The van der Waals surface area contributed by atoms with Gasteiger partial charge in [-0.25, -0.2) is 0 Å². The summed E-state index contributed by atoms with van der Waals surface area (Å²) >= 11 is 13.4. The van der Waals surface area contributed by atoms with Crippen LogP contribution in [0.4, 0.5) is 0 Å². The molecule has 0 saturated heterocycles. The monoisotopic (exact) mass is 1880 g/mol. The molecule has 0 aliphatic carbocycles. The van der Waals surface area contributed by atoms with E-state index in [4.69, 9.17) is 0 Å². The van der Waals surface area contributed by atoms with Crippen molar-refractivity contribution < 1.29 is 19.2 Å². The Kier molecular flexibility index (Phi) is 19.0. The molecule has 28 rings (SSSR count). The summed E-state index contributed by atoms with van der Waals surface area (Å²) in [7, 11) is 0. The number of thiophene rings is 8. The number of carbonyl (C=O) groups excluding carboxylic acids is 4. The fourth-order valence-electron chi connectivity index (χ4n) is 20.3. The molecule has 8 nitrogen and oxygen atoms in total. The third kappa shape index (κ3) is 13.5. The van der Waals surface area contributed by atoms with E-state index in [9.17, 15) is 19.2 Å². The summed E-state index contributed by atoms with van der Waals surface area (Å²) in [6, 6.07) is 140. The van der Waals surface area contributed by atoms with Crippen molar-refractivity contribution in [1.82, 2.24) is 21.3 Å². The van der Waals surface area contributed by atoms with Gasteiger partial charge in [0.1, 0.15) is 0 Å². The highest BCUT2D eigenvalue weighted by atomic mass is 32.1. The molecule has 4 aliphatic heterocycles. The number of hydrogen-bond donors (Lipinski definition) is 4. The van der Waals surface area contributed by atoms with Crippen LogP contribution in [-0.2, 0) is 19.2 Å². The summed E-state index contributed by atoms with van der Waals surface area (Å²) in [4.78, 5) is 69.5. The van der Waals surface area contributed by atoms with Crippen LogP contribution in [0.5, 0.6) is 0 Å². The molecule has 0 radical (unpaired) electrons. The van der Waals surface area contributed by atoms with E-state index in [2.05, 4.69) is 361 Å². The lowest BCUT2D eigenvalue weighted by molar-refractivity contribution is -0.117. The Morgan fingerprint density at radius 2 is 0.368 bits per heavy atom. The fraction of sp³-hybridized carbons (Fsp3) is 0. The number of hydrogen-bond acceptors (Lipinski definition) is 12. The normalized spacial score (nSPS) is 13.8. The highest BCUT2D eigenvalue weighted by Gasteiger charge is 2.44. The van der Waals surface area contributed by atoms with Gasteiger partial charge in [-0.15, -0.1) is 90.7 Å². The molecule has 12 heterocycles. The Labute approximate surface area is 811 Å². The second-order valence-corrected chi connectivity index (χ2v) is 43.1. The van der Waals surface area contributed by atoms with Crippen molar-refractivity contribution >= 4 is 243 Å². The van der Waals surface area contributed by atoms with E-state index in [1.807, 2.05) is 48.5 Å². The molecular weight excluding hydrogens is 1820 g/mol. The van der Waals surface area contributed by atoms with Gasteiger partial charge in [0.25, 0.3) is 23.6 Å². The molecule has 4 amide bonds. The van der Waals surface area contributed by atoms with Gasteiger partial charge in [-0.3, -0.25) is 19.2 Å². The maximum Gasteiger partial charge on any atom is 0.258 e. The number of fused-ring (bicyclic) bond motifs is 12. The molecule has 8 aromatic heterocycles. The smallest absolute Gasteiger partial charge is 0.258 e. The summed E-state index contributed by atoms with van der Waals surface area (Å²) in [6.45, 7) is 0. The van der Waals surface area contributed by atoms with Gasteiger partial charge in [-0.1, -0.05) is 255 Å². The first-order valence-electron chi connectivity index (χ1n) is 44.7. The number of carbonyl (C=O) groups is 4. The first-order valence-corrected chi connectivity index (χ1v) is 51.3. The predicted octanol–water partition coefficient (Wildman–Crippen LogP) is 32.8. The summed E-state index contributed by atoms with van der Waals surface area (Å²) in [5, 5.41) is 34.1. The summed E-state index contributed by atoms with van der Waals surface area (Å²) < 4.78 is 2.48. The number of rotatable bonds is 14. The van der Waals surface area contributed by atoms with Crippen LogP contribution in [0.3, 0.4) is 0 Å². The van der Waals surface area contributed by atoms with Crippen LogP contribution in [0, 0.1) is 0 Å². The lowest BCUT2D eigenvalue weighted by Gasteiger charge is -2.19. The van der Waals surface area contributed by atoms with Crippen molar-refractivity contribution in [3.63, 3.8) is 0 Å². The van der Waals surface area contributed by atoms with Crippen LogP contribution in [0.2, 0.25) is 0 Å². The van der Waals surface area contributed by atoms with E-state index in [1.54, 1.807) is 90.7 Å². The van der Waals surface area contributed by atoms with Gasteiger partial charge in [0.15, 0.2) is 0 Å². The minimum atomic E-state index is -0.281. The molecule has 4 aliphatic rings. The van der Waals surface area contributed by atoms with Crippen molar-refractivity contribution in [1.29, 1.82) is 0 Å². The average molecular weight is 1890 g/mol. The molecule has 16 heteroatoms. The third-order valence-corrected chi connectivity index (χ3v) is 36.3.